The number of benzene rings is 1. The summed E-state index contributed by atoms with van der Waals surface area (Å²) in [5.74, 6) is 0.721. The fourth-order valence-corrected chi connectivity index (χ4v) is 2.13. The van der Waals surface area contributed by atoms with Crippen molar-refractivity contribution < 1.29 is 14.6 Å². The summed E-state index contributed by atoms with van der Waals surface area (Å²) in [7, 11) is 1.58. The lowest BCUT2D eigenvalue weighted by atomic mass is 9.65. The van der Waals surface area contributed by atoms with E-state index in [1.807, 2.05) is 6.07 Å². The first kappa shape index (κ1) is 11.1. The highest BCUT2D eigenvalue weighted by Crippen LogP contribution is 2.43. The molecule has 0 saturated heterocycles. The van der Waals surface area contributed by atoms with Gasteiger partial charge in [-0.2, -0.15) is 0 Å². The maximum Gasteiger partial charge on any atom is 0.171 e. The molecule has 0 aliphatic heterocycles. The van der Waals surface area contributed by atoms with Gasteiger partial charge in [-0.25, -0.2) is 0 Å². The second-order valence-corrected chi connectivity index (χ2v) is 4.35. The van der Waals surface area contributed by atoms with Crippen molar-refractivity contribution in [1.29, 1.82) is 0 Å². The molecule has 2 rings (SSSR count). The molecule has 1 aromatic carbocycles. The molecule has 0 heterocycles. The van der Waals surface area contributed by atoms with Gasteiger partial charge >= 0.3 is 0 Å². The second-order valence-electron chi connectivity index (χ2n) is 4.35. The molecule has 1 fully saturated rings. The van der Waals surface area contributed by atoms with Gasteiger partial charge in [-0.3, -0.25) is 4.79 Å². The highest BCUT2D eigenvalue weighted by molar-refractivity contribution is 6.01. The number of carbonyl (C=O) groups is 1. The highest BCUT2D eigenvalue weighted by Gasteiger charge is 2.43. The predicted molar refractivity (Wildman–Crippen MR) is 60.7 cm³/mol. The van der Waals surface area contributed by atoms with Gasteiger partial charge in [0.05, 0.1) is 19.1 Å². The molecule has 0 amide bonds. The monoisotopic (exact) mass is 220 g/mol. The predicted octanol–water partition coefficient (Wildman–Crippen LogP) is 2.04. The van der Waals surface area contributed by atoms with Gasteiger partial charge in [0, 0.05) is 5.56 Å². The standard InChI is InChI=1S/C13H16O3/c1-16-11-5-2-4-10(8-11)12(15)13(9-14)6-3-7-13/h2,4-5,8,14H,3,6-7,9H2,1H3. The molecule has 1 aliphatic carbocycles. The van der Waals surface area contributed by atoms with E-state index >= 15 is 0 Å². The van der Waals surface area contributed by atoms with Crippen molar-refractivity contribution in [2.75, 3.05) is 13.7 Å². The van der Waals surface area contributed by atoms with E-state index in [1.54, 1.807) is 25.3 Å². The van der Waals surface area contributed by atoms with Crippen LogP contribution in [-0.4, -0.2) is 24.6 Å². The van der Waals surface area contributed by atoms with Crippen molar-refractivity contribution in [3.8, 4) is 5.75 Å². The zero-order valence-electron chi connectivity index (χ0n) is 9.40. The lowest BCUT2D eigenvalue weighted by molar-refractivity contribution is 0.0347. The van der Waals surface area contributed by atoms with E-state index in [2.05, 4.69) is 0 Å². The van der Waals surface area contributed by atoms with E-state index in [1.165, 1.54) is 0 Å². The van der Waals surface area contributed by atoms with Crippen molar-refractivity contribution in [1.82, 2.24) is 0 Å². The first-order chi connectivity index (χ1) is 7.72. The summed E-state index contributed by atoms with van der Waals surface area (Å²) >= 11 is 0. The van der Waals surface area contributed by atoms with Crippen LogP contribution in [0.2, 0.25) is 0 Å². The van der Waals surface area contributed by atoms with Gasteiger partial charge in [-0.05, 0) is 25.0 Å². The third kappa shape index (κ3) is 1.71. The van der Waals surface area contributed by atoms with Crippen molar-refractivity contribution in [3.05, 3.63) is 29.8 Å². The van der Waals surface area contributed by atoms with Crippen LogP contribution < -0.4 is 4.74 Å². The summed E-state index contributed by atoms with van der Waals surface area (Å²) in [6.07, 6.45) is 2.61. The Morgan fingerprint density at radius 1 is 1.50 bits per heavy atom. The zero-order chi connectivity index (χ0) is 11.6. The number of carbonyl (C=O) groups excluding carboxylic acids is 1. The molecule has 0 unspecified atom stereocenters. The maximum atomic E-state index is 12.2. The number of ketones is 1. The maximum absolute atomic E-state index is 12.2. The molecule has 1 aromatic rings. The fraction of sp³-hybridized carbons (Fsp3) is 0.462. The number of hydrogen-bond donors (Lipinski definition) is 1. The molecule has 1 N–H and O–H groups in total. The molecular weight excluding hydrogens is 204 g/mol. The molecule has 1 saturated carbocycles. The van der Waals surface area contributed by atoms with E-state index in [0.717, 1.165) is 19.3 Å². The Bertz CT molecular complexity index is 388. The summed E-state index contributed by atoms with van der Waals surface area (Å²) < 4.78 is 5.09. The van der Waals surface area contributed by atoms with Crippen LogP contribution in [0.5, 0.6) is 5.75 Å². The number of ether oxygens (including phenoxy) is 1. The molecule has 1 aliphatic rings. The van der Waals surface area contributed by atoms with Gasteiger partial charge in [0.2, 0.25) is 0 Å². The number of aliphatic hydroxyl groups excluding tert-OH is 1. The van der Waals surface area contributed by atoms with Gasteiger partial charge in [0.25, 0.3) is 0 Å². The quantitative estimate of drug-likeness (QED) is 0.790. The second kappa shape index (κ2) is 4.26. The molecule has 0 spiro atoms. The first-order valence-corrected chi connectivity index (χ1v) is 5.51. The van der Waals surface area contributed by atoms with Crippen LogP contribution in [0.3, 0.4) is 0 Å². The van der Waals surface area contributed by atoms with Gasteiger partial charge in [-0.15, -0.1) is 0 Å². The van der Waals surface area contributed by atoms with Gasteiger partial charge in [0.15, 0.2) is 5.78 Å². The fourth-order valence-electron chi connectivity index (χ4n) is 2.13. The molecule has 0 atom stereocenters. The van der Waals surface area contributed by atoms with Crippen LogP contribution in [0, 0.1) is 5.41 Å². The Hall–Kier alpha value is -1.35. The Labute approximate surface area is 95.0 Å². The summed E-state index contributed by atoms with van der Waals surface area (Å²) in [4.78, 5) is 12.2. The third-order valence-corrected chi connectivity index (χ3v) is 3.43. The van der Waals surface area contributed by atoms with Crippen LogP contribution in [0.25, 0.3) is 0 Å². The van der Waals surface area contributed by atoms with Gasteiger partial charge in [0.1, 0.15) is 5.75 Å². The minimum atomic E-state index is -0.521. The van der Waals surface area contributed by atoms with Crippen LogP contribution in [0.15, 0.2) is 24.3 Å². The highest BCUT2D eigenvalue weighted by atomic mass is 16.5. The van der Waals surface area contributed by atoms with Crippen LogP contribution in [0.4, 0.5) is 0 Å². The van der Waals surface area contributed by atoms with E-state index in [0.29, 0.717) is 11.3 Å². The van der Waals surface area contributed by atoms with E-state index in [-0.39, 0.29) is 12.4 Å². The minimum absolute atomic E-state index is 0.0418. The van der Waals surface area contributed by atoms with E-state index in [9.17, 15) is 9.90 Å². The van der Waals surface area contributed by atoms with Crippen molar-refractivity contribution in [2.24, 2.45) is 5.41 Å². The Morgan fingerprint density at radius 3 is 2.75 bits per heavy atom. The third-order valence-electron chi connectivity index (χ3n) is 3.43. The van der Waals surface area contributed by atoms with E-state index in [4.69, 9.17) is 4.74 Å². The average Bonchev–Trinajstić information content (AvgIpc) is 2.28. The lowest BCUT2D eigenvalue weighted by Gasteiger charge is -2.38. The topological polar surface area (TPSA) is 46.5 Å². The van der Waals surface area contributed by atoms with Gasteiger partial charge < -0.3 is 9.84 Å². The molecular formula is C13H16O3. The largest absolute Gasteiger partial charge is 0.497 e. The SMILES string of the molecule is COc1cccc(C(=O)C2(CO)CCC2)c1. The number of rotatable bonds is 4. The molecule has 0 radical (unpaired) electrons. The minimum Gasteiger partial charge on any atom is -0.497 e. The molecule has 86 valence electrons. The average molecular weight is 220 g/mol. The zero-order valence-corrected chi connectivity index (χ0v) is 9.40. The van der Waals surface area contributed by atoms with Crippen LogP contribution in [-0.2, 0) is 0 Å². The number of hydrogen-bond acceptors (Lipinski definition) is 3. The molecule has 3 heteroatoms. The van der Waals surface area contributed by atoms with Crippen LogP contribution in [0.1, 0.15) is 29.6 Å². The lowest BCUT2D eigenvalue weighted by Crippen LogP contribution is -2.41. The first-order valence-electron chi connectivity index (χ1n) is 5.51. The summed E-state index contributed by atoms with van der Waals surface area (Å²) in [5, 5.41) is 9.34. The molecule has 16 heavy (non-hydrogen) atoms. The Balaban J connectivity index is 2.26. The van der Waals surface area contributed by atoms with Crippen LogP contribution >= 0.6 is 0 Å². The number of methoxy groups -OCH3 is 1. The smallest absolute Gasteiger partial charge is 0.171 e. The molecule has 0 bridgehead atoms. The van der Waals surface area contributed by atoms with Crippen molar-refractivity contribution in [2.45, 2.75) is 19.3 Å². The van der Waals surface area contributed by atoms with Crippen molar-refractivity contribution >= 4 is 5.78 Å². The molecule has 0 aromatic heterocycles. The van der Waals surface area contributed by atoms with E-state index < -0.39 is 5.41 Å². The summed E-state index contributed by atoms with van der Waals surface area (Å²) in [6.45, 7) is -0.0525. The number of aliphatic hydroxyl groups is 1. The molecule has 3 nitrogen and oxygen atoms in total. The normalized spacial score (nSPS) is 17.6. The Kier molecular flexibility index (Phi) is 2.97. The summed E-state index contributed by atoms with van der Waals surface area (Å²) in [6, 6.07) is 7.12. The Morgan fingerprint density at radius 2 is 2.25 bits per heavy atom. The summed E-state index contributed by atoms with van der Waals surface area (Å²) in [5.41, 5.74) is 0.111. The van der Waals surface area contributed by atoms with Gasteiger partial charge in [-0.1, -0.05) is 18.6 Å². The number of Topliss-reactive ketones (excluding diaryl/α,β-unsaturated/α-hetero) is 1. The van der Waals surface area contributed by atoms with Crippen molar-refractivity contribution in [3.63, 3.8) is 0 Å².